The third-order valence-electron chi connectivity index (χ3n) is 9.68. The van der Waals surface area contributed by atoms with E-state index in [4.69, 9.17) is 18.8 Å². The SMILES string of the molecule is CC(C)(C)OC(=O)N1CC=C(B2OC(C)(C)C(C)(C)O2)CC1.CCS(=O)(=O)Nc1cccc(Br)c1.CCS(=O)(=O)Nc1cccc(C2=CCN(C(=O)OC(C)(C)C)CC2)c1. The average molecular weight is 940 g/mol. The van der Waals surface area contributed by atoms with Gasteiger partial charge < -0.3 is 28.6 Å². The van der Waals surface area contributed by atoms with Crippen molar-refractivity contribution >= 4 is 72.2 Å². The number of rotatable bonds is 8. The Balaban J connectivity index is 0.000000252. The van der Waals surface area contributed by atoms with E-state index >= 15 is 0 Å². The lowest BCUT2D eigenvalue weighted by molar-refractivity contribution is 0.00578. The van der Waals surface area contributed by atoms with Crippen molar-refractivity contribution in [2.75, 3.05) is 47.1 Å². The number of hydrogen-bond donors (Lipinski definition) is 2. The molecule has 1 fully saturated rings. The summed E-state index contributed by atoms with van der Waals surface area (Å²) >= 11 is 3.26. The highest BCUT2D eigenvalue weighted by molar-refractivity contribution is 9.10. The molecule has 0 spiro atoms. The number of benzene rings is 2. The van der Waals surface area contributed by atoms with Gasteiger partial charge in [-0.2, -0.15) is 0 Å². The standard InChI is InChI=1S/C18H26N2O4S.C16H28BNO4.C8H10BrNO2S/c1-5-25(22,23)19-16-8-6-7-15(13-16)14-9-11-20(12-10-14)17(21)24-18(2,3)4;1-14(2,3)20-13(19)18-10-8-12(9-11-18)17-21-15(4,5)16(6,7)22-17;1-2-13(11,12)10-8-5-3-4-7(9)6-8/h6-9,13,19H,5,10-12H2,1-4H3;8H,9-11H2,1-7H3;3-6,10H,2H2,1H3. The number of anilines is 2. The number of sulfonamides is 2. The fourth-order valence-electron chi connectivity index (χ4n) is 5.65. The molecular formula is C42H64BBrN4O10S2. The van der Waals surface area contributed by atoms with Gasteiger partial charge in [0.1, 0.15) is 11.2 Å². The number of amides is 2. The molecule has 2 aromatic rings. The molecule has 3 aliphatic rings. The summed E-state index contributed by atoms with van der Waals surface area (Å²) in [5.74, 6) is 0.115. The van der Waals surface area contributed by atoms with Crippen LogP contribution in [0.15, 0.2) is 70.6 Å². The molecule has 0 aromatic heterocycles. The first-order valence-corrected chi connectivity index (χ1v) is 24.2. The highest BCUT2D eigenvalue weighted by Gasteiger charge is 2.52. The molecule has 0 aliphatic carbocycles. The van der Waals surface area contributed by atoms with E-state index in [1.807, 2.05) is 106 Å². The van der Waals surface area contributed by atoms with Gasteiger partial charge in [0.2, 0.25) is 20.0 Å². The van der Waals surface area contributed by atoms with Crippen LogP contribution >= 0.6 is 15.9 Å². The summed E-state index contributed by atoms with van der Waals surface area (Å²) in [6.45, 7) is 24.8. The monoisotopic (exact) mass is 938 g/mol. The molecule has 0 bridgehead atoms. The van der Waals surface area contributed by atoms with Crippen LogP contribution in [0.4, 0.5) is 21.0 Å². The van der Waals surface area contributed by atoms with Crippen LogP contribution in [0, 0.1) is 0 Å². The number of hydrogen-bond acceptors (Lipinski definition) is 10. The van der Waals surface area contributed by atoms with Gasteiger partial charge in [0.05, 0.1) is 22.7 Å². The van der Waals surface area contributed by atoms with Gasteiger partial charge in [0, 0.05) is 42.0 Å². The fourth-order valence-corrected chi connectivity index (χ4v) is 7.31. The summed E-state index contributed by atoms with van der Waals surface area (Å²) in [5.41, 5.74) is 2.65. The van der Waals surface area contributed by atoms with Crippen molar-refractivity contribution in [1.29, 1.82) is 0 Å². The lowest BCUT2D eigenvalue weighted by Crippen LogP contribution is -2.41. The quantitative estimate of drug-likeness (QED) is 0.244. The van der Waals surface area contributed by atoms with E-state index in [0.29, 0.717) is 44.0 Å². The van der Waals surface area contributed by atoms with Crippen molar-refractivity contribution < 1.29 is 45.2 Å². The molecule has 14 nitrogen and oxygen atoms in total. The van der Waals surface area contributed by atoms with Gasteiger partial charge in [0.15, 0.2) is 0 Å². The zero-order valence-corrected chi connectivity index (χ0v) is 40.4. The molecule has 334 valence electrons. The van der Waals surface area contributed by atoms with Gasteiger partial charge in [-0.05, 0) is 143 Å². The minimum absolute atomic E-state index is 0.0325. The molecule has 2 amide bonds. The smallest absolute Gasteiger partial charge is 0.444 e. The summed E-state index contributed by atoms with van der Waals surface area (Å²) in [6.07, 6.45) is 4.87. The van der Waals surface area contributed by atoms with Gasteiger partial charge in [-0.1, -0.05) is 46.3 Å². The molecule has 0 atom stereocenters. The summed E-state index contributed by atoms with van der Waals surface area (Å²) < 4.78 is 74.5. The van der Waals surface area contributed by atoms with E-state index < -0.39 is 31.2 Å². The van der Waals surface area contributed by atoms with E-state index in [2.05, 4.69) is 25.4 Å². The Morgan fingerprint density at radius 2 is 1.18 bits per heavy atom. The van der Waals surface area contributed by atoms with Gasteiger partial charge in [-0.15, -0.1) is 0 Å². The molecule has 2 aromatic carbocycles. The summed E-state index contributed by atoms with van der Waals surface area (Å²) in [6, 6.07) is 14.4. The molecule has 0 unspecified atom stereocenters. The van der Waals surface area contributed by atoms with E-state index in [1.54, 1.807) is 47.9 Å². The average Bonchev–Trinajstić information content (AvgIpc) is 3.36. The minimum Gasteiger partial charge on any atom is -0.444 e. The topological polar surface area (TPSA) is 170 Å². The van der Waals surface area contributed by atoms with Crippen LogP contribution in [0.5, 0.6) is 0 Å². The predicted octanol–water partition coefficient (Wildman–Crippen LogP) is 8.87. The Morgan fingerprint density at radius 1 is 0.733 bits per heavy atom. The number of carbonyl (C=O) groups excluding carboxylic acids is 2. The highest BCUT2D eigenvalue weighted by atomic mass is 79.9. The Morgan fingerprint density at radius 3 is 1.58 bits per heavy atom. The molecule has 3 heterocycles. The second kappa shape index (κ2) is 20.5. The molecule has 60 heavy (non-hydrogen) atoms. The lowest BCUT2D eigenvalue weighted by Gasteiger charge is -2.32. The van der Waals surface area contributed by atoms with Gasteiger partial charge >= 0.3 is 19.3 Å². The second-order valence-electron chi connectivity index (χ2n) is 17.6. The van der Waals surface area contributed by atoms with E-state index in [0.717, 1.165) is 27.5 Å². The van der Waals surface area contributed by atoms with Crippen LogP contribution in [-0.4, -0.2) is 106 Å². The van der Waals surface area contributed by atoms with E-state index in [-0.39, 0.29) is 42.0 Å². The maximum Gasteiger partial charge on any atom is 0.490 e. The Bertz CT molecular complexity index is 2080. The number of nitrogens with one attached hydrogen (secondary N) is 2. The van der Waals surface area contributed by atoms with Crippen LogP contribution in [0.25, 0.3) is 5.57 Å². The van der Waals surface area contributed by atoms with Crippen molar-refractivity contribution in [2.45, 2.75) is 118 Å². The van der Waals surface area contributed by atoms with Crippen molar-refractivity contribution in [2.24, 2.45) is 0 Å². The summed E-state index contributed by atoms with van der Waals surface area (Å²) in [7, 11) is -6.77. The van der Waals surface area contributed by atoms with Crippen molar-refractivity contribution in [3.63, 3.8) is 0 Å². The molecular weight excluding hydrogens is 875 g/mol. The molecule has 0 saturated carbocycles. The van der Waals surface area contributed by atoms with E-state index in [9.17, 15) is 26.4 Å². The molecule has 2 N–H and O–H groups in total. The predicted molar refractivity (Wildman–Crippen MR) is 244 cm³/mol. The first kappa shape index (κ1) is 50.8. The Labute approximate surface area is 367 Å². The highest BCUT2D eigenvalue weighted by Crippen LogP contribution is 2.39. The van der Waals surface area contributed by atoms with Crippen molar-refractivity contribution in [3.8, 4) is 0 Å². The van der Waals surface area contributed by atoms with Gasteiger partial charge in [-0.3, -0.25) is 9.44 Å². The molecule has 0 radical (unpaired) electrons. The summed E-state index contributed by atoms with van der Waals surface area (Å²) in [5, 5.41) is 0. The zero-order valence-electron chi connectivity index (χ0n) is 37.2. The molecule has 18 heteroatoms. The van der Waals surface area contributed by atoms with Crippen LogP contribution in [0.3, 0.4) is 0 Å². The van der Waals surface area contributed by atoms with Crippen molar-refractivity contribution in [3.05, 3.63) is 76.2 Å². The van der Waals surface area contributed by atoms with E-state index in [1.165, 1.54) is 0 Å². The summed E-state index contributed by atoms with van der Waals surface area (Å²) in [4.78, 5) is 27.5. The fraction of sp³-hybridized carbons (Fsp3) is 0.571. The van der Waals surface area contributed by atoms with Gasteiger partial charge in [-0.25, -0.2) is 26.4 Å². The number of nitrogens with zero attached hydrogens (tertiary/aromatic N) is 2. The van der Waals surface area contributed by atoms with Crippen LogP contribution in [-0.2, 0) is 38.8 Å². The first-order valence-electron chi connectivity index (χ1n) is 20.1. The number of ether oxygens (including phenoxy) is 2. The number of carbonyl (C=O) groups is 2. The Kier molecular flexibility index (Phi) is 17.4. The lowest BCUT2D eigenvalue weighted by atomic mass is 9.75. The Hall–Kier alpha value is -3.58. The first-order chi connectivity index (χ1) is 27.5. The maximum atomic E-state index is 12.1. The molecule has 5 rings (SSSR count). The van der Waals surface area contributed by atoms with Crippen LogP contribution in [0.1, 0.15) is 101 Å². The molecule has 3 aliphatic heterocycles. The van der Waals surface area contributed by atoms with Gasteiger partial charge in [0.25, 0.3) is 0 Å². The third kappa shape index (κ3) is 16.4. The largest absolute Gasteiger partial charge is 0.490 e. The zero-order chi connectivity index (χ0) is 45.3. The number of halogens is 1. The minimum atomic E-state index is -3.30. The molecule has 1 saturated heterocycles. The van der Waals surface area contributed by atoms with Crippen LogP contribution in [0.2, 0.25) is 0 Å². The van der Waals surface area contributed by atoms with Crippen LogP contribution < -0.4 is 9.44 Å². The van der Waals surface area contributed by atoms with Crippen molar-refractivity contribution in [1.82, 2.24) is 9.80 Å². The maximum absolute atomic E-state index is 12.1. The third-order valence-corrected chi connectivity index (χ3v) is 12.8. The normalized spacial score (nSPS) is 17.8. The second-order valence-corrected chi connectivity index (χ2v) is 22.5.